The van der Waals surface area contributed by atoms with Crippen LogP contribution in [0.3, 0.4) is 0 Å². The summed E-state index contributed by atoms with van der Waals surface area (Å²) in [6.45, 7) is 2.90. The number of anilines is 1. The Kier molecular flexibility index (Phi) is 6.51. The van der Waals surface area contributed by atoms with Crippen molar-refractivity contribution in [1.29, 1.82) is 0 Å². The van der Waals surface area contributed by atoms with Crippen molar-refractivity contribution < 1.29 is 28.5 Å². The van der Waals surface area contributed by atoms with Gasteiger partial charge in [-0.3, -0.25) is 4.79 Å². The highest BCUT2D eigenvalue weighted by atomic mass is 16.6. The third kappa shape index (κ3) is 4.82. The van der Waals surface area contributed by atoms with Gasteiger partial charge in [-0.1, -0.05) is 42.5 Å². The van der Waals surface area contributed by atoms with Crippen molar-refractivity contribution in [3.05, 3.63) is 72.2 Å². The Morgan fingerprint density at radius 1 is 1.07 bits per heavy atom. The maximum atomic E-state index is 13.0. The Morgan fingerprint density at radius 2 is 1.82 bits per heavy atom. The average molecular weight is 383 g/mol. The van der Waals surface area contributed by atoms with E-state index in [0.29, 0.717) is 30.2 Å². The SMILES string of the molecule is CCOc1ccccc1NC(=O)[C@H](OC(=O)C1=COCCO1)c1ccccc1. The number of ether oxygens (including phenoxy) is 4. The summed E-state index contributed by atoms with van der Waals surface area (Å²) >= 11 is 0. The molecule has 1 amide bonds. The summed E-state index contributed by atoms with van der Waals surface area (Å²) in [4.78, 5) is 25.4. The number of hydrogen-bond acceptors (Lipinski definition) is 6. The molecule has 0 saturated carbocycles. The van der Waals surface area contributed by atoms with Crippen LogP contribution in [0.4, 0.5) is 5.69 Å². The van der Waals surface area contributed by atoms with Gasteiger partial charge in [-0.05, 0) is 19.1 Å². The lowest BCUT2D eigenvalue weighted by atomic mass is 10.1. The molecule has 7 nitrogen and oxygen atoms in total. The molecule has 0 aromatic heterocycles. The second kappa shape index (κ2) is 9.45. The fourth-order valence-corrected chi connectivity index (χ4v) is 2.59. The number of nitrogens with one attached hydrogen (secondary N) is 1. The van der Waals surface area contributed by atoms with Crippen molar-refractivity contribution in [3.8, 4) is 5.75 Å². The van der Waals surface area contributed by atoms with E-state index in [1.807, 2.05) is 19.1 Å². The molecule has 1 aliphatic heterocycles. The molecular formula is C21H21NO6. The number of carbonyl (C=O) groups is 2. The maximum absolute atomic E-state index is 13.0. The van der Waals surface area contributed by atoms with Gasteiger partial charge in [0.2, 0.25) is 11.9 Å². The van der Waals surface area contributed by atoms with E-state index in [4.69, 9.17) is 18.9 Å². The summed E-state index contributed by atoms with van der Waals surface area (Å²) in [5, 5.41) is 2.77. The van der Waals surface area contributed by atoms with Crippen LogP contribution in [-0.2, 0) is 23.8 Å². The number of rotatable bonds is 7. The molecule has 0 radical (unpaired) electrons. The summed E-state index contributed by atoms with van der Waals surface area (Å²) in [6.07, 6.45) is 0.0192. The minimum Gasteiger partial charge on any atom is -0.493 e. The molecule has 1 aliphatic rings. The molecule has 0 saturated heterocycles. The number of benzene rings is 2. The van der Waals surface area contributed by atoms with Gasteiger partial charge in [-0.25, -0.2) is 4.79 Å². The normalized spacial score (nSPS) is 14.0. The van der Waals surface area contributed by atoms with Crippen molar-refractivity contribution in [2.24, 2.45) is 0 Å². The zero-order chi connectivity index (χ0) is 19.8. The van der Waals surface area contributed by atoms with Gasteiger partial charge in [0.1, 0.15) is 25.2 Å². The lowest BCUT2D eigenvalue weighted by Crippen LogP contribution is -2.28. The van der Waals surface area contributed by atoms with E-state index in [9.17, 15) is 9.59 Å². The first kappa shape index (κ1) is 19.3. The molecule has 0 bridgehead atoms. The van der Waals surface area contributed by atoms with E-state index in [0.717, 1.165) is 0 Å². The summed E-state index contributed by atoms with van der Waals surface area (Å²) in [7, 11) is 0. The van der Waals surface area contributed by atoms with Crippen LogP contribution in [0, 0.1) is 0 Å². The largest absolute Gasteiger partial charge is 0.493 e. The molecule has 1 heterocycles. The minimum absolute atomic E-state index is 0.0744. The van der Waals surface area contributed by atoms with Gasteiger partial charge >= 0.3 is 5.97 Å². The molecule has 7 heteroatoms. The Morgan fingerprint density at radius 3 is 2.54 bits per heavy atom. The zero-order valence-corrected chi connectivity index (χ0v) is 15.4. The molecule has 2 aromatic carbocycles. The molecule has 0 fully saturated rings. The van der Waals surface area contributed by atoms with E-state index >= 15 is 0 Å². The number of amides is 1. The Hall–Kier alpha value is -3.48. The first-order chi connectivity index (χ1) is 13.7. The molecule has 1 N–H and O–H groups in total. The Balaban J connectivity index is 1.82. The third-order valence-electron chi connectivity index (χ3n) is 3.86. The van der Waals surface area contributed by atoms with E-state index in [2.05, 4.69) is 5.32 Å². The second-order valence-electron chi connectivity index (χ2n) is 5.82. The van der Waals surface area contributed by atoms with Gasteiger partial charge in [0.25, 0.3) is 5.91 Å². The van der Waals surface area contributed by atoms with Crippen molar-refractivity contribution in [2.75, 3.05) is 25.1 Å². The topological polar surface area (TPSA) is 83.1 Å². The van der Waals surface area contributed by atoms with Crippen LogP contribution in [0.5, 0.6) is 5.75 Å². The fraction of sp³-hybridized carbons (Fsp3) is 0.238. The first-order valence-electron chi connectivity index (χ1n) is 8.92. The van der Waals surface area contributed by atoms with Gasteiger partial charge in [0.05, 0.1) is 12.3 Å². The second-order valence-corrected chi connectivity index (χ2v) is 5.82. The molecule has 3 rings (SSSR count). The molecule has 146 valence electrons. The molecule has 0 aliphatic carbocycles. The van der Waals surface area contributed by atoms with Crippen LogP contribution < -0.4 is 10.1 Å². The number of esters is 1. The summed E-state index contributed by atoms with van der Waals surface area (Å²) in [5.74, 6) is -0.830. The van der Waals surface area contributed by atoms with Gasteiger partial charge in [-0.15, -0.1) is 0 Å². The van der Waals surface area contributed by atoms with Crippen LogP contribution in [0.1, 0.15) is 18.6 Å². The highest BCUT2D eigenvalue weighted by Crippen LogP contribution is 2.27. The quantitative estimate of drug-likeness (QED) is 0.740. The van der Waals surface area contributed by atoms with Gasteiger partial charge < -0.3 is 24.3 Å². The van der Waals surface area contributed by atoms with E-state index in [1.54, 1.807) is 42.5 Å². The maximum Gasteiger partial charge on any atom is 0.378 e. The monoisotopic (exact) mass is 383 g/mol. The fourth-order valence-electron chi connectivity index (χ4n) is 2.59. The standard InChI is InChI=1S/C21H21NO6/c1-2-26-17-11-7-6-10-16(17)22-20(23)19(15-8-4-3-5-9-15)28-21(24)18-14-25-12-13-27-18/h3-11,14,19H,2,12-13H2,1H3,(H,22,23)/t19-/m1/s1. The Bertz CT molecular complexity index is 849. The van der Waals surface area contributed by atoms with Crippen LogP contribution in [0.25, 0.3) is 0 Å². The first-order valence-corrected chi connectivity index (χ1v) is 8.92. The molecule has 1 atom stereocenters. The van der Waals surface area contributed by atoms with Crippen molar-refractivity contribution in [2.45, 2.75) is 13.0 Å². The molecule has 2 aromatic rings. The lowest BCUT2D eigenvalue weighted by molar-refractivity contribution is -0.155. The van der Waals surface area contributed by atoms with Gasteiger partial charge in [-0.2, -0.15) is 0 Å². The zero-order valence-electron chi connectivity index (χ0n) is 15.4. The predicted octanol–water partition coefficient (Wildman–Crippen LogP) is 3.20. The molecule has 28 heavy (non-hydrogen) atoms. The van der Waals surface area contributed by atoms with E-state index in [-0.39, 0.29) is 12.4 Å². The highest BCUT2D eigenvalue weighted by molar-refractivity contribution is 5.98. The summed E-state index contributed by atoms with van der Waals surface area (Å²) in [5.41, 5.74) is 1.02. The van der Waals surface area contributed by atoms with Crippen LogP contribution in [0.2, 0.25) is 0 Å². The number of carbonyl (C=O) groups excluding carboxylic acids is 2. The molecular weight excluding hydrogens is 362 g/mol. The third-order valence-corrected chi connectivity index (χ3v) is 3.86. The average Bonchev–Trinajstić information content (AvgIpc) is 2.74. The highest BCUT2D eigenvalue weighted by Gasteiger charge is 2.28. The van der Waals surface area contributed by atoms with Crippen molar-refractivity contribution in [1.82, 2.24) is 0 Å². The number of para-hydroxylation sites is 2. The van der Waals surface area contributed by atoms with Crippen molar-refractivity contribution in [3.63, 3.8) is 0 Å². The van der Waals surface area contributed by atoms with E-state index < -0.39 is 18.0 Å². The Labute approximate surface area is 162 Å². The van der Waals surface area contributed by atoms with Crippen LogP contribution in [-0.4, -0.2) is 31.7 Å². The van der Waals surface area contributed by atoms with Crippen LogP contribution in [0.15, 0.2) is 66.6 Å². The smallest absolute Gasteiger partial charge is 0.378 e. The minimum atomic E-state index is -1.17. The van der Waals surface area contributed by atoms with E-state index in [1.165, 1.54) is 6.26 Å². The van der Waals surface area contributed by atoms with Gasteiger partial charge in [0.15, 0.2) is 0 Å². The lowest BCUT2D eigenvalue weighted by Gasteiger charge is -2.21. The van der Waals surface area contributed by atoms with Gasteiger partial charge in [0, 0.05) is 5.56 Å². The van der Waals surface area contributed by atoms with Crippen molar-refractivity contribution >= 4 is 17.6 Å². The van der Waals surface area contributed by atoms with Crippen LogP contribution >= 0.6 is 0 Å². The molecule has 0 unspecified atom stereocenters. The predicted molar refractivity (Wildman–Crippen MR) is 102 cm³/mol. The summed E-state index contributed by atoms with van der Waals surface area (Å²) < 4.78 is 21.3. The summed E-state index contributed by atoms with van der Waals surface area (Å²) in [6, 6.07) is 15.8. The molecule has 0 spiro atoms. The number of hydrogen-bond donors (Lipinski definition) is 1.